The van der Waals surface area contributed by atoms with E-state index in [-0.39, 0.29) is 0 Å². The fourth-order valence-electron chi connectivity index (χ4n) is 3.19. The van der Waals surface area contributed by atoms with E-state index in [0.717, 1.165) is 18.6 Å². The third kappa shape index (κ3) is 3.41. The summed E-state index contributed by atoms with van der Waals surface area (Å²) >= 11 is 0. The third-order valence-electron chi connectivity index (χ3n) is 4.53. The summed E-state index contributed by atoms with van der Waals surface area (Å²) in [4.78, 5) is 2.41. The van der Waals surface area contributed by atoms with Crippen LogP contribution in [0.15, 0.2) is 85.1 Å². The van der Waals surface area contributed by atoms with Crippen LogP contribution in [0.4, 0.5) is 5.69 Å². The molecule has 4 rings (SSSR count). The lowest BCUT2D eigenvalue weighted by molar-refractivity contribution is 0.794. The molecule has 0 saturated heterocycles. The van der Waals surface area contributed by atoms with Crippen LogP contribution in [0.3, 0.4) is 0 Å². The highest BCUT2D eigenvalue weighted by Gasteiger charge is 2.10. The van der Waals surface area contributed by atoms with Crippen molar-refractivity contribution in [2.45, 2.75) is 13.1 Å². The zero-order valence-electron chi connectivity index (χ0n) is 14.3. The fourth-order valence-corrected chi connectivity index (χ4v) is 3.19. The Kier molecular flexibility index (Phi) is 4.21. The highest BCUT2D eigenvalue weighted by molar-refractivity contribution is 5.82. The Morgan fingerprint density at radius 1 is 0.800 bits per heavy atom. The first-order valence-electron chi connectivity index (χ1n) is 8.54. The van der Waals surface area contributed by atoms with Gasteiger partial charge in [-0.05, 0) is 29.3 Å². The Bertz CT molecular complexity index is 917. The molecule has 0 bridgehead atoms. The van der Waals surface area contributed by atoms with Gasteiger partial charge >= 0.3 is 0 Å². The summed E-state index contributed by atoms with van der Waals surface area (Å²) in [7, 11) is 1.98. The average molecular weight is 327 g/mol. The van der Waals surface area contributed by atoms with E-state index in [1.54, 1.807) is 0 Å². The van der Waals surface area contributed by atoms with Gasteiger partial charge in [0.05, 0.1) is 11.7 Å². The van der Waals surface area contributed by atoms with Crippen molar-refractivity contribution in [1.29, 1.82) is 0 Å². The molecule has 0 aliphatic rings. The van der Waals surface area contributed by atoms with Crippen molar-refractivity contribution in [3.8, 4) is 0 Å². The largest absolute Gasteiger partial charge is 0.363 e. The van der Waals surface area contributed by atoms with Gasteiger partial charge in [-0.25, -0.2) is 0 Å². The van der Waals surface area contributed by atoms with E-state index in [1.165, 1.54) is 22.2 Å². The molecule has 0 amide bonds. The number of aryl methyl sites for hydroxylation is 1. The summed E-state index contributed by atoms with van der Waals surface area (Å²) in [5.74, 6) is 0. The van der Waals surface area contributed by atoms with E-state index < -0.39 is 0 Å². The van der Waals surface area contributed by atoms with Gasteiger partial charge in [0.1, 0.15) is 0 Å². The van der Waals surface area contributed by atoms with Gasteiger partial charge in [-0.2, -0.15) is 5.10 Å². The number of hydrogen-bond acceptors (Lipinski definition) is 2. The van der Waals surface area contributed by atoms with E-state index in [0.29, 0.717) is 0 Å². The maximum absolute atomic E-state index is 4.36. The first-order chi connectivity index (χ1) is 12.3. The molecule has 25 heavy (non-hydrogen) atoms. The molecule has 3 heteroatoms. The lowest BCUT2D eigenvalue weighted by atomic mass is 10.1. The maximum Gasteiger partial charge on any atom is 0.0680 e. The summed E-state index contributed by atoms with van der Waals surface area (Å²) in [5, 5.41) is 5.53. The molecule has 1 aromatic heterocycles. The predicted octanol–water partition coefficient (Wildman–Crippen LogP) is 4.78. The van der Waals surface area contributed by atoms with Gasteiger partial charge in [-0.1, -0.05) is 60.7 Å². The minimum atomic E-state index is 0.876. The Labute approximate surface area is 148 Å². The summed E-state index contributed by atoms with van der Waals surface area (Å²) in [6, 6.07) is 27.8. The molecule has 0 fully saturated rings. The molecule has 0 spiro atoms. The predicted molar refractivity (Wildman–Crippen MR) is 103 cm³/mol. The van der Waals surface area contributed by atoms with Gasteiger partial charge in [-0.3, -0.25) is 4.68 Å². The highest BCUT2D eigenvalue weighted by Crippen LogP contribution is 2.25. The summed E-state index contributed by atoms with van der Waals surface area (Å²) < 4.78 is 1.91. The van der Waals surface area contributed by atoms with Gasteiger partial charge in [-0.15, -0.1) is 0 Å². The number of fused-ring (bicyclic) bond motifs is 1. The van der Waals surface area contributed by atoms with E-state index >= 15 is 0 Å². The fraction of sp³-hybridized carbons (Fsp3) is 0.136. The van der Waals surface area contributed by atoms with Crippen LogP contribution < -0.4 is 4.90 Å². The molecular formula is C22H21N3. The van der Waals surface area contributed by atoms with Crippen molar-refractivity contribution in [1.82, 2.24) is 9.78 Å². The normalized spacial score (nSPS) is 10.9. The van der Waals surface area contributed by atoms with E-state index in [9.17, 15) is 0 Å². The topological polar surface area (TPSA) is 21.1 Å². The third-order valence-corrected chi connectivity index (χ3v) is 4.53. The lowest BCUT2D eigenvalue weighted by Crippen LogP contribution is -2.22. The average Bonchev–Trinajstić information content (AvgIpc) is 3.03. The molecule has 124 valence electrons. The SMILES string of the molecule is Cn1ncc2cc(N(Cc3ccccc3)Cc3ccccc3)ccc21. The van der Waals surface area contributed by atoms with Crippen molar-refractivity contribution < 1.29 is 0 Å². The zero-order chi connectivity index (χ0) is 17.1. The van der Waals surface area contributed by atoms with Crippen LogP contribution in [0.2, 0.25) is 0 Å². The first kappa shape index (κ1) is 15.5. The van der Waals surface area contributed by atoms with E-state index in [4.69, 9.17) is 0 Å². The van der Waals surface area contributed by atoms with Gasteiger partial charge in [0.2, 0.25) is 0 Å². The lowest BCUT2D eigenvalue weighted by Gasteiger charge is -2.25. The molecule has 3 nitrogen and oxygen atoms in total. The second-order valence-corrected chi connectivity index (χ2v) is 6.34. The molecule has 0 atom stereocenters. The number of anilines is 1. The molecule has 0 aliphatic heterocycles. The molecule has 0 saturated carbocycles. The van der Waals surface area contributed by atoms with Crippen LogP contribution in [-0.2, 0) is 20.1 Å². The molecule has 3 aromatic carbocycles. The van der Waals surface area contributed by atoms with Crippen molar-refractivity contribution >= 4 is 16.6 Å². The van der Waals surface area contributed by atoms with E-state index in [2.05, 4.69) is 88.9 Å². The Morgan fingerprint density at radius 3 is 2.00 bits per heavy atom. The molecule has 0 N–H and O–H groups in total. The van der Waals surface area contributed by atoms with Gasteiger partial charge < -0.3 is 4.90 Å². The van der Waals surface area contributed by atoms with Crippen LogP contribution in [0.1, 0.15) is 11.1 Å². The Morgan fingerprint density at radius 2 is 1.40 bits per heavy atom. The quantitative estimate of drug-likeness (QED) is 0.526. The molecule has 0 aliphatic carbocycles. The Hall–Kier alpha value is -3.07. The van der Waals surface area contributed by atoms with Crippen LogP contribution >= 0.6 is 0 Å². The standard InChI is InChI=1S/C22H21N3/c1-24-22-13-12-21(14-20(22)15-23-24)25(16-18-8-4-2-5-9-18)17-19-10-6-3-7-11-19/h2-15H,16-17H2,1H3. The second-order valence-electron chi connectivity index (χ2n) is 6.34. The van der Waals surface area contributed by atoms with Crippen molar-refractivity contribution in [2.24, 2.45) is 7.05 Å². The molecular weight excluding hydrogens is 306 g/mol. The van der Waals surface area contributed by atoms with Crippen LogP contribution in [-0.4, -0.2) is 9.78 Å². The molecule has 0 unspecified atom stereocenters. The number of hydrogen-bond donors (Lipinski definition) is 0. The Balaban J connectivity index is 1.69. The summed E-state index contributed by atoms with van der Waals surface area (Å²) in [6.45, 7) is 1.75. The van der Waals surface area contributed by atoms with Crippen molar-refractivity contribution in [2.75, 3.05) is 4.90 Å². The molecule has 0 radical (unpaired) electrons. The molecule has 4 aromatic rings. The van der Waals surface area contributed by atoms with Crippen molar-refractivity contribution in [3.63, 3.8) is 0 Å². The number of benzene rings is 3. The summed E-state index contributed by atoms with van der Waals surface area (Å²) in [5.41, 5.74) is 4.99. The maximum atomic E-state index is 4.36. The first-order valence-corrected chi connectivity index (χ1v) is 8.54. The number of rotatable bonds is 5. The summed E-state index contributed by atoms with van der Waals surface area (Å²) in [6.07, 6.45) is 1.93. The van der Waals surface area contributed by atoms with Crippen LogP contribution in [0.5, 0.6) is 0 Å². The minimum absolute atomic E-state index is 0.876. The van der Waals surface area contributed by atoms with Crippen LogP contribution in [0, 0.1) is 0 Å². The van der Waals surface area contributed by atoms with Crippen LogP contribution in [0.25, 0.3) is 10.9 Å². The zero-order valence-corrected chi connectivity index (χ0v) is 14.3. The van der Waals surface area contributed by atoms with Gasteiger partial charge in [0, 0.05) is 31.2 Å². The van der Waals surface area contributed by atoms with Gasteiger partial charge in [0.25, 0.3) is 0 Å². The number of nitrogens with zero attached hydrogens (tertiary/aromatic N) is 3. The highest BCUT2D eigenvalue weighted by atomic mass is 15.2. The minimum Gasteiger partial charge on any atom is -0.363 e. The van der Waals surface area contributed by atoms with Gasteiger partial charge in [0.15, 0.2) is 0 Å². The second kappa shape index (κ2) is 6.81. The van der Waals surface area contributed by atoms with E-state index in [1.807, 2.05) is 17.9 Å². The number of aromatic nitrogens is 2. The molecule has 1 heterocycles. The van der Waals surface area contributed by atoms with Crippen molar-refractivity contribution in [3.05, 3.63) is 96.2 Å². The monoisotopic (exact) mass is 327 g/mol. The smallest absolute Gasteiger partial charge is 0.0680 e.